The first-order valence-electron chi connectivity index (χ1n) is 11.6. The smallest absolute Gasteiger partial charge is 0.299 e. The second kappa shape index (κ2) is 12.3. The quantitative estimate of drug-likeness (QED) is 0.198. The Bertz CT molecular complexity index is 1510. The van der Waals surface area contributed by atoms with Crippen LogP contribution >= 0.6 is 0 Å². The number of nitrogens with one attached hydrogen (secondary N) is 4. The van der Waals surface area contributed by atoms with Gasteiger partial charge in [-0.05, 0) is 17.7 Å². The minimum atomic E-state index is -3.94. The summed E-state index contributed by atoms with van der Waals surface area (Å²) in [6.45, 7) is 0.0995. The van der Waals surface area contributed by atoms with Gasteiger partial charge in [0.25, 0.3) is 10.2 Å². The minimum Gasteiger partial charge on any atom is -0.493 e. The Labute approximate surface area is 225 Å². The maximum atomic E-state index is 14.7. The van der Waals surface area contributed by atoms with Gasteiger partial charge in [-0.15, -0.1) is 0 Å². The largest absolute Gasteiger partial charge is 0.493 e. The number of halogens is 1. The van der Waals surface area contributed by atoms with Crippen LogP contribution in [0.5, 0.6) is 17.2 Å². The van der Waals surface area contributed by atoms with E-state index in [9.17, 15) is 12.8 Å². The summed E-state index contributed by atoms with van der Waals surface area (Å²) >= 11 is 0. The molecule has 0 aliphatic rings. The van der Waals surface area contributed by atoms with E-state index in [1.165, 1.54) is 27.4 Å². The van der Waals surface area contributed by atoms with E-state index >= 15 is 0 Å². The molecule has 0 atom stereocenters. The number of hydrogen-bond donors (Lipinski definition) is 4. The molecule has 4 rings (SSSR count). The fourth-order valence-electron chi connectivity index (χ4n) is 3.56. The highest BCUT2D eigenvalue weighted by Gasteiger charge is 2.17. The summed E-state index contributed by atoms with van der Waals surface area (Å²) < 4.78 is 61.0. The molecule has 0 fully saturated rings. The fraction of sp³-hybridized carbons (Fsp3) is 0.154. The average Bonchev–Trinajstić information content (AvgIpc) is 2.94. The predicted molar refractivity (Wildman–Crippen MR) is 147 cm³/mol. The third-order valence-electron chi connectivity index (χ3n) is 5.40. The molecule has 0 spiro atoms. The molecule has 0 aliphatic heterocycles. The van der Waals surface area contributed by atoms with Crippen molar-refractivity contribution in [2.24, 2.45) is 0 Å². The Morgan fingerprint density at radius 3 is 2.13 bits per heavy atom. The first-order chi connectivity index (χ1) is 18.8. The first-order valence-corrected chi connectivity index (χ1v) is 13.1. The van der Waals surface area contributed by atoms with E-state index in [-0.39, 0.29) is 29.7 Å². The highest BCUT2D eigenvalue weighted by atomic mass is 32.2. The van der Waals surface area contributed by atoms with E-state index in [4.69, 9.17) is 14.2 Å². The SMILES string of the molecule is COc1cc(Nc2ncc(F)c(Nc3ccccc3NS(=O)(=O)NCc3ccccc3)n2)cc(OC)c1OC. The summed E-state index contributed by atoms with van der Waals surface area (Å²) in [6, 6.07) is 18.8. The summed E-state index contributed by atoms with van der Waals surface area (Å²) in [4.78, 5) is 8.21. The number of anilines is 5. The molecular weight excluding hydrogens is 527 g/mol. The molecule has 204 valence electrons. The minimum absolute atomic E-state index is 0.0655. The van der Waals surface area contributed by atoms with Crippen molar-refractivity contribution in [3.8, 4) is 17.2 Å². The van der Waals surface area contributed by atoms with Gasteiger partial charge in [-0.3, -0.25) is 4.72 Å². The predicted octanol–water partition coefficient (Wildman–Crippen LogP) is 4.58. The van der Waals surface area contributed by atoms with Crippen LogP contribution in [0.2, 0.25) is 0 Å². The van der Waals surface area contributed by atoms with E-state index in [2.05, 4.69) is 30.0 Å². The van der Waals surface area contributed by atoms with Crippen LogP contribution in [0, 0.1) is 5.82 Å². The van der Waals surface area contributed by atoms with Gasteiger partial charge in [0, 0.05) is 24.4 Å². The van der Waals surface area contributed by atoms with E-state index in [0.717, 1.165) is 11.8 Å². The third kappa shape index (κ3) is 7.03. The van der Waals surface area contributed by atoms with Gasteiger partial charge in [-0.1, -0.05) is 42.5 Å². The van der Waals surface area contributed by atoms with Crippen LogP contribution in [0.1, 0.15) is 5.56 Å². The molecular formula is C26H27FN6O5S. The maximum Gasteiger partial charge on any atom is 0.299 e. The molecule has 39 heavy (non-hydrogen) atoms. The van der Waals surface area contributed by atoms with Gasteiger partial charge in [0.1, 0.15) is 0 Å². The summed E-state index contributed by atoms with van der Waals surface area (Å²) in [5.74, 6) is 0.360. The van der Waals surface area contributed by atoms with Crippen LogP contribution in [0.25, 0.3) is 0 Å². The average molecular weight is 555 g/mol. The van der Waals surface area contributed by atoms with Crippen molar-refractivity contribution in [1.82, 2.24) is 14.7 Å². The van der Waals surface area contributed by atoms with E-state index in [1.807, 2.05) is 18.2 Å². The lowest BCUT2D eigenvalue weighted by Gasteiger charge is -2.16. The lowest BCUT2D eigenvalue weighted by atomic mass is 10.2. The molecule has 0 bridgehead atoms. The maximum absolute atomic E-state index is 14.7. The van der Waals surface area contributed by atoms with Gasteiger partial charge in [0.05, 0.1) is 38.9 Å². The Balaban J connectivity index is 1.53. The summed E-state index contributed by atoms with van der Waals surface area (Å²) in [5.41, 5.74) is 1.76. The van der Waals surface area contributed by atoms with Crippen molar-refractivity contribution in [2.45, 2.75) is 6.54 Å². The number of hydrogen-bond acceptors (Lipinski definition) is 9. The molecule has 0 saturated heterocycles. The standard InChI is InChI=1S/C26H27FN6O5S/c1-36-22-13-18(14-23(37-2)24(22)38-3)30-26-28-16-19(27)25(32-26)31-20-11-7-8-12-21(20)33-39(34,35)29-15-17-9-5-4-6-10-17/h4-14,16,29,33H,15H2,1-3H3,(H2,28,30,31,32). The molecule has 0 unspecified atom stereocenters. The van der Waals surface area contributed by atoms with Crippen molar-refractivity contribution in [2.75, 3.05) is 36.7 Å². The normalized spacial score (nSPS) is 11.0. The number of ether oxygens (including phenoxy) is 3. The lowest BCUT2D eigenvalue weighted by molar-refractivity contribution is 0.324. The van der Waals surface area contributed by atoms with E-state index in [1.54, 1.807) is 42.5 Å². The lowest BCUT2D eigenvalue weighted by Crippen LogP contribution is -2.29. The number of methoxy groups -OCH3 is 3. The van der Waals surface area contributed by atoms with Gasteiger partial charge in [-0.2, -0.15) is 18.1 Å². The van der Waals surface area contributed by atoms with Crippen LogP contribution in [-0.4, -0.2) is 39.7 Å². The highest BCUT2D eigenvalue weighted by Crippen LogP contribution is 2.40. The van der Waals surface area contributed by atoms with Crippen molar-refractivity contribution in [3.05, 3.63) is 84.3 Å². The van der Waals surface area contributed by atoms with Crippen LogP contribution in [0.4, 0.5) is 33.2 Å². The van der Waals surface area contributed by atoms with Gasteiger partial charge in [0.2, 0.25) is 11.7 Å². The highest BCUT2D eigenvalue weighted by molar-refractivity contribution is 7.90. The molecule has 3 aromatic carbocycles. The molecule has 0 amide bonds. The molecule has 4 N–H and O–H groups in total. The van der Waals surface area contributed by atoms with Crippen LogP contribution < -0.4 is 34.3 Å². The zero-order valence-corrected chi connectivity index (χ0v) is 22.2. The molecule has 4 aromatic rings. The van der Waals surface area contributed by atoms with Gasteiger partial charge < -0.3 is 24.8 Å². The molecule has 1 heterocycles. The Morgan fingerprint density at radius 2 is 1.49 bits per heavy atom. The molecule has 0 radical (unpaired) electrons. The third-order valence-corrected chi connectivity index (χ3v) is 6.41. The van der Waals surface area contributed by atoms with E-state index in [0.29, 0.717) is 22.9 Å². The zero-order chi connectivity index (χ0) is 27.8. The topological polar surface area (TPSA) is 136 Å². The summed E-state index contributed by atoms with van der Waals surface area (Å²) in [6.07, 6.45) is 0.990. The number of aromatic nitrogens is 2. The van der Waals surface area contributed by atoms with Crippen LogP contribution in [0.15, 0.2) is 72.9 Å². The number of para-hydroxylation sites is 2. The molecule has 1 aromatic heterocycles. The number of nitrogens with zero attached hydrogens (tertiary/aromatic N) is 2. The van der Waals surface area contributed by atoms with Gasteiger partial charge >= 0.3 is 0 Å². The van der Waals surface area contributed by atoms with Crippen LogP contribution in [-0.2, 0) is 16.8 Å². The number of rotatable bonds is 12. The van der Waals surface area contributed by atoms with Crippen molar-refractivity contribution in [3.63, 3.8) is 0 Å². The first kappa shape index (κ1) is 27.4. The Morgan fingerprint density at radius 1 is 0.846 bits per heavy atom. The van der Waals surface area contributed by atoms with Gasteiger partial charge in [0.15, 0.2) is 23.1 Å². The molecule has 11 nitrogen and oxygen atoms in total. The van der Waals surface area contributed by atoms with Crippen molar-refractivity contribution in [1.29, 1.82) is 0 Å². The zero-order valence-electron chi connectivity index (χ0n) is 21.4. The van der Waals surface area contributed by atoms with Gasteiger partial charge in [-0.25, -0.2) is 9.37 Å². The Kier molecular flexibility index (Phi) is 8.63. The van der Waals surface area contributed by atoms with E-state index < -0.39 is 16.0 Å². The monoisotopic (exact) mass is 554 g/mol. The summed E-state index contributed by atoms with van der Waals surface area (Å²) in [7, 11) is 0.526. The second-order valence-corrected chi connectivity index (χ2v) is 9.51. The summed E-state index contributed by atoms with van der Waals surface area (Å²) in [5, 5.41) is 5.81. The Hall–Kier alpha value is -4.62. The second-order valence-electron chi connectivity index (χ2n) is 8.01. The molecule has 13 heteroatoms. The molecule has 0 saturated carbocycles. The number of benzene rings is 3. The van der Waals surface area contributed by atoms with Crippen molar-refractivity contribution < 1.29 is 27.0 Å². The molecule has 0 aliphatic carbocycles. The van der Waals surface area contributed by atoms with Crippen molar-refractivity contribution >= 4 is 39.0 Å². The fourth-order valence-corrected chi connectivity index (χ4v) is 4.46. The van der Waals surface area contributed by atoms with Crippen LogP contribution in [0.3, 0.4) is 0 Å².